The zero-order valence-corrected chi connectivity index (χ0v) is 9.06. The van der Waals surface area contributed by atoms with Crippen LogP contribution in [0.5, 0.6) is 0 Å². The van der Waals surface area contributed by atoms with Gasteiger partial charge in [0.15, 0.2) is 5.54 Å². The first-order chi connectivity index (χ1) is 6.98. The average molecular weight is 240 g/mol. The number of halogens is 2. The molecule has 0 bridgehead atoms. The summed E-state index contributed by atoms with van der Waals surface area (Å²) in [6.45, 7) is 1.57. The highest BCUT2D eigenvalue weighted by Gasteiger charge is 2.80. The molecule has 0 aromatic carbocycles. The van der Waals surface area contributed by atoms with Gasteiger partial charge in [-0.25, -0.2) is 18.8 Å². The molecule has 7 heteroatoms. The Morgan fingerprint density at radius 3 is 2.53 bits per heavy atom. The normalized spacial score (nSPS) is 33.3. The number of esters is 2. The Morgan fingerprint density at radius 2 is 2.13 bits per heavy atom. The number of nitrogens with one attached hydrogen (secondary N) is 1. The summed E-state index contributed by atoms with van der Waals surface area (Å²) in [4.78, 5) is 24.4. The fourth-order valence-electron chi connectivity index (χ4n) is 1.37. The van der Waals surface area contributed by atoms with Gasteiger partial charge in [0.05, 0.1) is 13.7 Å². The van der Waals surface area contributed by atoms with Crippen LogP contribution in [0.3, 0.4) is 0 Å². The Bertz CT molecular complexity index is 300. The molecular weight excluding hydrogens is 229 g/mol. The van der Waals surface area contributed by atoms with Crippen LogP contribution in [-0.4, -0.2) is 36.9 Å². The summed E-state index contributed by atoms with van der Waals surface area (Å²) < 4.78 is 22.8. The molecule has 0 heterocycles. The molecule has 2 atom stereocenters. The zero-order chi connectivity index (χ0) is 11.7. The van der Waals surface area contributed by atoms with E-state index >= 15 is 0 Å². The van der Waals surface area contributed by atoms with Crippen LogP contribution in [0.4, 0.5) is 4.39 Å². The molecule has 0 radical (unpaired) electrons. The molecule has 0 aromatic rings. The van der Waals surface area contributed by atoms with E-state index in [2.05, 4.69) is 9.47 Å². The molecule has 1 aliphatic carbocycles. The summed E-state index contributed by atoms with van der Waals surface area (Å²) in [5, 5.41) is 0. The standard InChI is InChI=1S/C8H11ClFNO4/c1-3-15-5(12)7(10)4-8(7,11-9)6(13)14-2/h11H,3-4H2,1-2H3. The molecule has 15 heavy (non-hydrogen) atoms. The molecule has 1 N–H and O–H groups in total. The van der Waals surface area contributed by atoms with Gasteiger partial charge in [0.25, 0.3) is 0 Å². The molecule has 2 unspecified atom stereocenters. The van der Waals surface area contributed by atoms with Crippen molar-refractivity contribution in [2.45, 2.75) is 24.6 Å². The molecule has 0 aromatic heterocycles. The lowest BCUT2D eigenvalue weighted by molar-refractivity contribution is -0.157. The molecule has 0 amide bonds. The molecule has 0 aliphatic heterocycles. The highest BCUT2D eigenvalue weighted by Crippen LogP contribution is 2.53. The fraction of sp³-hybridized carbons (Fsp3) is 0.750. The van der Waals surface area contributed by atoms with Crippen LogP contribution in [0.15, 0.2) is 0 Å². The molecule has 1 saturated carbocycles. The van der Waals surface area contributed by atoms with Crippen molar-refractivity contribution in [1.29, 1.82) is 0 Å². The second-order valence-electron chi connectivity index (χ2n) is 3.19. The Balaban J connectivity index is 2.84. The molecule has 86 valence electrons. The number of carbonyl (C=O) groups is 2. The minimum atomic E-state index is -2.43. The van der Waals surface area contributed by atoms with Crippen molar-refractivity contribution in [3.8, 4) is 0 Å². The quantitative estimate of drug-likeness (QED) is 0.565. The summed E-state index contributed by atoms with van der Waals surface area (Å²) in [5.41, 5.74) is -4.24. The monoisotopic (exact) mass is 239 g/mol. The van der Waals surface area contributed by atoms with Gasteiger partial charge in [-0.3, -0.25) is 0 Å². The first kappa shape index (κ1) is 12.2. The van der Waals surface area contributed by atoms with Crippen molar-refractivity contribution in [2.24, 2.45) is 0 Å². The largest absolute Gasteiger partial charge is 0.468 e. The molecular formula is C8H11ClFNO4. The maximum Gasteiger partial charge on any atom is 0.346 e. The Hall–Kier alpha value is -0.880. The lowest BCUT2D eigenvalue weighted by Crippen LogP contribution is -2.45. The first-order valence-electron chi connectivity index (χ1n) is 4.31. The minimum Gasteiger partial charge on any atom is -0.468 e. The summed E-state index contributed by atoms with van der Waals surface area (Å²) in [7, 11) is 1.09. The number of hydrogen-bond acceptors (Lipinski definition) is 5. The van der Waals surface area contributed by atoms with Crippen molar-refractivity contribution < 1.29 is 23.5 Å². The van der Waals surface area contributed by atoms with Crippen LogP contribution in [0.2, 0.25) is 0 Å². The van der Waals surface area contributed by atoms with E-state index in [9.17, 15) is 14.0 Å². The Morgan fingerprint density at radius 1 is 1.53 bits per heavy atom. The van der Waals surface area contributed by atoms with Gasteiger partial charge in [0, 0.05) is 6.42 Å². The highest BCUT2D eigenvalue weighted by molar-refractivity contribution is 6.18. The van der Waals surface area contributed by atoms with Gasteiger partial charge in [-0.15, -0.1) is 0 Å². The lowest BCUT2D eigenvalue weighted by Gasteiger charge is -2.14. The molecule has 0 saturated heterocycles. The van der Waals surface area contributed by atoms with Crippen molar-refractivity contribution in [3.63, 3.8) is 0 Å². The highest BCUT2D eigenvalue weighted by atomic mass is 35.5. The predicted octanol–water partition coefficient (Wildman–Crippen LogP) is 0.317. The van der Waals surface area contributed by atoms with Gasteiger partial charge in [0.2, 0.25) is 5.67 Å². The minimum absolute atomic E-state index is 0.0318. The van der Waals surface area contributed by atoms with Crippen molar-refractivity contribution in [3.05, 3.63) is 0 Å². The summed E-state index contributed by atoms with van der Waals surface area (Å²) >= 11 is 5.26. The van der Waals surface area contributed by atoms with E-state index in [1.54, 1.807) is 0 Å². The van der Waals surface area contributed by atoms with Gasteiger partial charge in [-0.1, -0.05) is 0 Å². The molecule has 5 nitrogen and oxygen atoms in total. The average Bonchev–Trinajstić information content (AvgIpc) is 2.86. The molecule has 1 rings (SSSR count). The van der Waals surface area contributed by atoms with Crippen molar-refractivity contribution >= 4 is 23.7 Å². The van der Waals surface area contributed by atoms with Gasteiger partial charge in [0.1, 0.15) is 0 Å². The summed E-state index contributed by atoms with van der Waals surface area (Å²) in [5.74, 6) is -2.03. The van der Waals surface area contributed by atoms with Crippen LogP contribution in [0.1, 0.15) is 13.3 Å². The third-order valence-electron chi connectivity index (χ3n) is 2.35. The number of hydrogen-bond donors (Lipinski definition) is 1. The number of carbonyl (C=O) groups excluding carboxylic acids is 2. The predicted molar refractivity (Wildman–Crippen MR) is 48.8 cm³/mol. The van der Waals surface area contributed by atoms with E-state index < -0.39 is 23.1 Å². The van der Waals surface area contributed by atoms with Crippen molar-refractivity contribution in [2.75, 3.05) is 13.7 Å². The third-order valence-corrected chi connectivity index (χ3v) is 2.68. The fourth-order valence-corrected chi connectivity index (χ4v) is 1.66. The first-order valence-corrected chi connectivity index (χ1v) is 4.68. The van der Waals surface area contributed by atoms with E-state index in [-0.39, 0.29) is 13.0 Å². The van der Waals surface area contributed by atoms with Crippen LogP contribution in [0, 0.1) is 0 Å². The van der Waals surface area contributed by atoms with E-state index in [1.165, 1.54) is 6.92 Å². The van der Waals surface area contributed by atoms with Gasteiger partial charge >= 0.3 is 11.9 Å². The topological polar surface area (TPSA) is 64.6 Å². The van der Waals surface area contributed by atoms with Crippen LogP contribution >= 0.6 is 11.8 Å². The van der Waals surface area contributed by atoms with Crippen LogP contribution in [0.25, 0.3) is 0 Å². The summed E-state index contributed by atoms with van der Waals surface area (Å²) in [6.07, 6.45) is -0.380. The van der Waals surface area contributed by atoms with Crippen LogP contribution < -0.4 is 4.84 Å². The SMILES string of the molecule is CCOC(=O)C1(F)CC1(NCl)C(=O)OC. The number of methoxy groups -OCH3 is 1. The van der Waals surface area contributed by atoms with Crippen molar-refractivity contribution in [1.82, 2.24) is 4.84 Å². The zero-order valence-electron chi connectivity index (χ0n) is 8.30. The molecule has 1 aliphatic rings. The Kier molecular flexibility index (Phi) is 3.20. The van der Waals surface area contributed by atoms with E-state index in [0.29, 0.717) is 0 Å². The van der Waals surface area contributed by atoms with E-state index in [1.807, 2.05) is 4.84 Å². The molecule has 0 spiro atoms. The van der Waals surface area contributed by atoms with Gasteiger partial charge in [-0.2, -0.15) is 0 Å². The summed E-state index contributed by atoms with van der Waals surface area (Å²) in [6, 6.07) is 0. The molecule has 1 fully saturated rings. The maximum absolute atomic E-state index is 13.9. The Labute approximate surface area is 91.0 Å². The van der Waals surface area contributed by atoms with E-state index in [4.69, 9.17) is 11.8 Å². The lowest BCUT2D eigenvalue weighted by atomic mass is 10.2. The van der Waals surface area contributed by atoms with Gasteiger partial charge < -0.3 is 9.47 Å². The smallest absolute Gasteiger partial charge is 0.346 e. The van der Waals surface area contributed by atoms with Gasteiger partial charge in [-0.05, 0) is 18.7 Å². The maximum atomic E-state index is 13.9. The number of alkyl halides is 1. The number of ether oxygens (including phenoxy) is 2. The third kappa shape index (κ3) is 1.57. The van der Waals surface area contributed by atoms with Crippen LogP contribution in [-0.2, 0) is 19.1 Å². The number of rotatable bonds is 4. The van der Waals surface area contributed by atoms with E-state index in [0.717, 1.165) is 7.11 Å². The second kappa shape index (κ2) is 3.94. The second-order valence-corrected chi connectivity index (χ2v) is 3.38.